The predicted molar refractivity (Wildman–Crippen MR) is 105 cm³/mol. The minimum atomic E-state index is 0.742. The molecule has 5 aromatic rings. The molecule has 0 amide bonds. The van der Waals surface area contributed by atoms with Crippen molar-refractivity contribution in [3.05, 3.63) is 70.6 Å². The molecule has 0 saturated heterocycles. The summed E-state index contributed by atoms with van der Waals surface area (Å²) in [7, 11) is 0. The Hall–Kier alpha value is -2.47. The van der Waals surface area contributed by atoms with Gasteiger partial charge >= 0.3 is 0 Å². The lowest BCUT2D eigenvalue weighted by atomic mass is 10.0. The normalized spacial score (nSPS) is 11.5. The Balaban J connectivity index is 1.82. The van der Waals surface area contributed by atoms with Gasteiger partial charge in [0.2, 0.25) is 0 Å². The van der Waals surface area contributed by atoms with Crippen LogP contribution in [0.2, 0.25) is 0 Å². The molecule has 4 heteroatoms. The molecule has 0 aliphatic rings. The Labute approximate surface area is 151 Å². The number of nitrogens with zero attached hydrogens (tertiary/aromatic N) is 2. The van der Waals surface area contributed by atoms with Crippen molar-refractivity contribution in [1.29, 1.82) is 0 Å². The Morgan fingerprint density at radius 1 is 0.708 bits per heavy atom. The van der Waals surface area contributed by atoms with Gasteiger partial charge in [-0.25, -0.2) is 9.97 Å². The molecule has 0 spiro atoms. The number of rotatable bonds is 1. The van der Waals surface area contributed by atoms with Crippen LogP contribution in [0.5, 0.6) is 0 Å². The van der Waals surface area contributed by atoms with E-state index in [0.29, 0.717) is 0 Å². The molecule has 0 saturated carbocycles. The number of halogens is 1. The standard InChI is InChI=1S/C20H11IN2O/c21-20-22-16-7-3-1-6-15(16)19(23-20)12-9-10-14-13-5-2-4-8-17(13)24-18(14)11-12/h1-11H. The first-order chi connectivity index (χ1) is 11.8. The van der Waals surface area contributed by atoms with Crippen LogP contribution in [0.25, 0.3) is 44.1 Å². The summed E-state index contributed by atoms with van der Waals surface area (Å²) in [6.07, 6.45) is 0. The van der Waals surface area contributed by atoms with E-state index in [9.17, 15) is 0 Å². The fourth-order valence-electron chi connectivity index (χ4n) is 3.14. The highest BCUT2D eigenvalue weighted by Crippen LogP contribution is 2.33. The Bertz CT molecular complexity index is 1230. The maximum atomic E-state index is 6.01. The van der Waals surface area contributed by atoms with Gasteiger partial charge in [-0.05, 0) is 24.3 Å². The zero-order valence-corrected chi connectivity index (χ0v) is 14.7. The second kappa shape index (κ2) is 5.27. The van der Waals surface area contributed by atoms with Crippen molar-refractivity contribution in [3.63, 3.8) is 0 Å². The minimum Gasteiger partial charge on any atom is -0.456 e. The summed E-state index contributed by atoms with van der Waals surface area (Å²) in [4.78, 5) is 9.18. The van der Waals surface area contributed by atoms with E-state index in [4.69, 9.17) is 4.42 Å². The molecule has 0 N–H and O–H groups in total. The van der Waals surface area contributed by atoms with Crippen LogP contribution in [-0.4, -0.2) is 9.97 Å². The van der Waals surface area contributed by atoms with E-state index in [0.717, 1.165) is 47.9 Å². The van der Waals surface area contributed by atoms with Gasteiger partial charge in [0, 0.05) is 44.3 Å². The number of hydrogen-bond donors (Lipinski definition) is 0. The zero-order chi connectivity index (χ0) is 16.1. The monoisotopic (exact) mass is 422 g/mol. The summed E-state index contributed by atoms with van der Waals surface area (Å²) in [5.74, 6) is 0. The second-order valence-corrected chi connectivity index (χ2v) is 6.63. The molecular formula is C20H11IN2O. The highest BCUT2D eigenvalue weighted by atomic mass is 127. The van der Waals surface area contributed by atoms with Crippen LogP contribution in [0.3, 0.4) is 0 Å². The number of hydrogen-bond acceptors (Lipinski definition) is 3. The summed E-state index contributed by atoms with van der Waals surface area (Å²) < 4.78 is 6.75. The molecule has 0 atom stereocenters. The lowest BCUT2D eigenvalue weighted by molar-refractivity contribution is 0.669. The van der Waals surface area contributed by atoms with Crippen LogP contribution in [0, 0.1) is 3.83 Å². The SMILES string of the molecule is Ic1nc(-c2ccc3c(c2)oc2ccccc23)c2ccccc2n1. The fraction of sp³-hybridized carbons (Fsp3) is 0. The van der Waals surface area contributed by atoms with E-state index in [-0.39, 0.29) is 0 Å². The van der Waals surface area contributed by atoms with E-state index >= 15 is 0 Å². The maximum Gasteiger partial charge on any atom is 0.191 e. The van der Waals surface area contributed by atoms with Gasteiger partial charge in [-0.3, -0.25) is 0 Å². The first-order valence-corrected chi connectivity index (χ1v) is 8.71. The molecule has 2 aromatic heterocycles. The highest BCUT2D eigenvalue weighted by molar-refractivity contribution is 14.1. The smallest absolute Gasteiger partial charge is 0.191 e. The Morgan fingerprint density at radius 3 is 2.38 bits per heavy atom. The third kappa shape index (κ3) is 2.10. The second-order valence-electron chi connectivity index (χ2n) is 5.67. The molecule has 24 heavy (non-hydrogen) atoms. The lowest BCUT2D eigenvalue weighted by Crippen LogP contribution is -1.93. The number of furan rings is 1. The first-order valence-electron chi connectivity index (χ1n) is 7.63. The van der Waals surface area contributed by atoms with Crippen molar-refractivity contribution in [2.75, 3.05) is 0 Å². The van der Waals surface area contributed by atoms with Crippen LogP contribution in [0.1, 0.15) is 0 Å². The van der Waals surface area contributed by atoms with E-state index in [1.165, 1.54) is 0 Å². The van der Waals surface area contributed by atoms with Crippen LogP contribution >= 0.6 is 22.6 Å². The highest BCUT2D eigenvalue weighted by Gasteiger charge is 2.12. The minimum absolute atomic E-state index is 0.742. The average Bonchev–Trinajstić information content (AvgIpc) is 2.98. The van der Waals surface area contributed by atoms with Gasteiger partial charge in [-0.2, -0.15) is 0 Å². The van der Waals surface area contributed by atoms with Crippen molar-refractivity contribution in [2.45, 2.75) is 0 Å². The number of aromatic nitrogens is 2. The van der Waals surface area contributed by atoms with Gasteiger partial charge in [0.15, 0.2) is 3.83 Å². The van der Waals surface area contributed by atoms with Gasteiger partial charge in [0.25, 0.3) is 0 Å². The molecule has 3 nitrogen and oxygen atoms in total. The molecule has 0 bridgehead atoms. The van der Waals surface area contributed by atoms with Gasteiger partial charge in [-0.1, -0.05) is 42.5 Å². The van der Waals surface area contributed by atoms with Crippen molar-refractivity contribution < 1.29 is 4.42 Å². The summed E-state index contributed by atoms with van der Waals surface area (Å²) in [5.41, 5.74) is 4.72. The molecule has 0 unspecified atom stereocenters. The van der Waals surface area contributed by atoms with E-state index in [1.54, 1.807) is 0 Å². The third-order valence-corrected chi connectivity index (χ3v) is 4.71. The van der Waals surface area contributed by atoms with Gasteiger partial charge < -0.3 is 4.42 Å². The van der Waals surface area contributed by atoms with Crippen molar-refractivity contribution in [3.8, 4) is 11.3 Å². The van der Waals surface area contributed by atoms with E-state index in [2.05, 4.69) is 62.9 Å². The average molecular weight is 422 g/mol. The topological polar surface area (TPSA) is 38.9 Å². The van der Waals surface area contributed by atoms with Gasteiger partial charge in [-0.15, -0.1) is 0 Å². The summed E-state index contributed by atoms with van der Waals surface area (Å²) >= 11 is 2.16. The summed E-state index contributed by atoms with van der Waals surface area (Å²) in [6.45, 7) is 0. The maximum absolute atomic E-state index is 6.01. The molecule has 0 aliphatic heterocycles. The van der Waals surface area contributed by atoms with Crippen LogP contribution in [-0.2, 0) is 0 Å². The zero-order valence-electron chi connectivity index (χ0n) is 12.5. The lowest BCUT2D eigenvalue weighted by Gasteiger charge is -2.06. The number of fused-ring (bicyclic) bond motifs is 4. The Morgan fingerprint density at radius 2 is 1.46 bits per heavy atom. The number of para-hydroxylation sites is 2. The van der Waals surface area contributed by atoms with E-state index < -0.39 is 0 Å². The number of benzene rings is 3. The molecule has 3 aromatic carbocycles. The summed E-state index contributed by atoms with van der Waals surface area (Å²) in [6, 6.07) is 22.5. The van der Waals surface area contributed by atoms with Crippen LogP contribution in [0.4, 0.5) is 0 Å². The predicted octanol–water partition coefficient (Wildman–Crippen LogP) is 5.80. The van der Waals surface area contributed by atoms with E-state index in [1.807, 2.05) is 36.4 Å². The fourth-order valence-corrected chi connectivity index (χ4v) is 3.64. The van der Waals surface area contributed by atoms with Crippen molar-refractivity contribution in [1.82, 2.24) is 9.97 Å². The quantitative estimate of drug-likeness (QED) is 0.253. The molecular weight excluding hydrogens is 411 g/mol. The molecule has 114 valence electrons. The van der Waals surface area contributed by atoms with Gasteiger partial charge in [0.1, 0.15) is 11.2 Å². The van der Waals surface area contributed by atoms with Gasteiger partial charge in [0.05, 0.1) is 11.2 Å². The third-order valence-electron chi connectivity index (χ3n) is 4.23. The van der Waals surface area contributed by atoms with Crippen LogP contribution < -0.4 is 0 Å². The molecule has 2 heterocycles. The van der Waals surface area contributed by atoms with Crippen molar-refractivity contribution in [2.24, 2.45) is 0 Å². The molecule has 0 radical (unpaired) electrons. The molecule has 0 fully saturated rings. The summed E-state index contributed by atoms with van der Waals surface area (Å²) in [5, 5.41) is 3.32. The van der Waals surface area contributed by atoms with Crippen LogP contribution in [0.15, 0.2) is 71.1 Å². The molecule has 5 rings (SSSR count). The largest absolute Gasteiger partial charge is 0.456 e. The molecule has 0 aliphatic carbocycles. The van der Waals surface area contributed by atoms with Crippen molar-refractivity contribution >= 4 is 55.4 Å². The first kappa shape index (κ1) is 13.9. The Kier molecular flexibility index (Phi) is 3.06.